The predicted octanol–water partition coefficient (Wildman–Crippen LogP) is 4.60. The van der Waals surface area contributed by atoms with E-state index in [0.29, 0.717) is 23.7 Å². The summed E-state index contributed by atoms with van der Waals surface area (Å²) in [6.07, 6.45) is 0. The molecule has 0 saturated carbocycles. The molecule has 0 fully saturated rings. The van der Waals surface area contributed by atoms with E-state index in [0.717, 1.165) is 22.5 Å². The Morgan fingerprint density at radius 3 is 2.54 bits per heavy atom. The van der Waals surface area contributed by atoms with Crippen molar-refractivity contribution in [2.45, 2.75) is 20.5 Å². The molecule has 1 amide bonds. The van der Waals surface area contributed by atoms with E-state index < -0.39 is 0 Å². The summed E-state index contributed by atoms with van der Waals surface area (Å²) in [5.74, 6) is 0.885. The van der Waals surface area contributed by atoms with Gasteiger partial charge in [0.1, 0.15) is 6.61 Å². The number of aryl methyl sites for hydroxylation is 2. The van der Waals surface area contributed by atoms with Crippen LogP contribution in [0.2, 0.25) is 0 Å². The Balaban J connectivity index is 1.74. The number of methoxy groups -OCH3 is 1. The number of benzene rings is 2. The second kappa shape index (κ2) is 8.01. The number of ether oxygens (including phenoxy) is 2. The van der Waals surface area contributed by atoms with E-state index in [1.54, 1.807) is 30.8 Å². The highest BCUT2D eigenvalue weighted by atomic mass is 32.1. The van der Waals surface area contributed by atoms with E-state index in [1.807, 2.05) is 31.4 Å². The molecule has 0 aliphatic carbocycles. The zero-order valence-corrected chi connectivity index (χ0v) is 15.7. The van der Waals surface area contributed by atoms with E-state index in [1.165, 1.54) is 11.3 Å². The van der Waals surface area contributed by atoms with Crippen molar-refractivity contribution in [3.63, 3.8) is 0 Å². The first-order chi connectivity index (χ1) is 12.5. The Hall–Kier alpha value is -2.86. The maximum atomic E-state index is 12.5. The van der Waals surface area contributed by atoms with E-state index in [2.05, 4.69) is 16.4 Å². The topological polar surface area (TPSA) is 60.5 Å². The summed E-state index contributed by atoms with van der Waals surface area (Å²) in [6, 6.07) is 11.1. The number of nitrogens with one attached hydrogen (secondary N) is 1. The number of nitrogens with zero attached hydrogens (tertiary/aromatic N) is 1. The van der Waals surface area contributed by atoms with E-state index in [9.17, 15) is 4.79 Å². The lowest BCUT2D eigenvalue weighted by Gasteiger charge is -2.12. The molecule has 0 aliphatic heterocycles. The van der Waals surface area contributed by atoms with Gasteiger partial charge < -0.3 is 14.8 Å². The third-order valence-corrected chi connectivity index (χ3v) is 4.40. The van der Waals surface area contributed by atoms with Crippen molar-refractivity contribution in [2.75, 3.05) is 12.4 Å². The molecule has 0 spiro atoms. The van der Waals surface area contributed by atoms with Crippen LogP contribution >= 0.6 is 11.3 Å². The number of rotatable bonds is 6. The molecule has 134 valence electrons. The minimum absolute atomic E-state index is 0.195. The molecule has 0 unspecified atom stereocenters. The van der Waals surface area contributed by atoms with Crippen molar-refractivity contribution in [1.82, 2.24) is 4.98 Å². The molecule has 0 atom stereocenters. The monoisotopic (exact) mass is 368 g/mol. The fourth-order valence-electron chi connectivity index (χ4n) is 2.64. The second-order valence-electron chi connectivity index (χ2n) is 5.96. The molecule has 0 radical (unpaired) electrons. The van der Waals surface area contributed by atoms with Gasteiger partial charge in [-0.05, 0) is 55.3 Å². The van der Waals surface area contributed by atoms with Gasteiger partial charge in [-0.25, -0.2) is 4.98 Å². The van der Waals surface area contributed by atoms with Crippen LogP contribution in [0.5, 0.6) is 11.5 Å². The van der Waals surface area contributed by atoms with Gasteiger partial charge in [0.25, 0.3) is 5.91 Å². The number of amides is 1. The van der Waals surface area contributed by atoms with Crippen molar-refractivity contribution in [3.8, 4) is 11.5 Å². The number of aromatic nitrogens is 1. The summed E-state index contributed by atoms with van der Waals surface area (Å²) < 4.78 is 11.1. The Bertz CT molecular complexity index is 887. The summed E-state index contributed by atoms with van der Waals surface area (Å²) in [7, 11) is 1.55. The summed E-state index contributed by atoms with van der Waals surface area (Å²) in [5, 5.41) is 4.85. The molecule has 26 heavy (non-hydrogen) atoms. The molecule has 3 aromatic rings. The molecule has 6 heteroatoms. The molecule has 3 rings (SSSR count). The highest BCUT2D eigenvalue weighted by Crippen LogP contribution is 2.29. The Morgan fingerprint density at radius 2 is 1.88 bits per heavy atom. The molecular formula is C20H20N2O3S. The van der Waals surface area contributed by atoms with Crippen LogP contribution in [-0.4, -0.2) is 18.0 Å². The molecule has 0 bridgehead atoms. The van der Waals surface area contributed by atoms with E-state index in [-0.39, 0.29) is 5.91 Å². The van der Waals surface area contributed by atoms with Crippen LogP contribution in [0.1, 0.15) is 27.2 Å². The summed E-state index contributed by atoms with van der Waals surface area (Å²) >= 11 is 1.52. The largest absolute Gasteiger partial charge is 0.493 e. The van der Waals surface area contributed by atoms with Gasteiger partial charge in [0.15, 0.2) is 11.5 Å². The van der Waals surface area contributed by atoms with Crippen LogP contribution < -0.4 is 14.8 Å². The van der Waals surface area contributed by atoms with Gasteiger partial charge in [0, 0.05) is 16.6 Å². The van der Waals surface area contributed by atoms with Crippen molar-refractivity contribution in [2.24, 2.45) is 0 Å². The number of thiazole rings is 1. The lowest BCUT2D eigenvalue weighted by atomic mass is 10.1. The Kier molecular flexibility index (Phi) is 5.53. The first kappa shape index (κ1) is 17.9. The van der Waals surface area contributed by atoms with Gasteiger partial charge >= 0.3 is 0 Å². The average molecular weight is 368 g/mol. The van der Waals surface area contributed by atoms with Crippen LogP contribution in [0.3, 0.4) is 0 Å². The van der Waals surface area contributed by atoms with Gasteiger partial charge in [0.2, 0.25) is 0 Å². The predicted molar refractivity (Wildman–Crippen MR) is 103 cm³/mol. The molecule has 1 aromatic heterocycles. The second-order valence-corrected chi connectivity index (χ2v) is 6.68. The van der Waals surface area contributed by atoms with Crippen LogP contribution in [0.15, 0.2) is 47.3 Å². The zero-order chi connectivity index (χ0) is 18.5. The lowest BCUT2D eigenvalue weighted by molar-refractivity contribution is 0.102. The molecule has 1 N–H and O–H groups in total. The highest BCUT2D eigenvalue weighted by molar-refractivity contribution is 7.07. The van der Waals surface area contributed by atoms with Gasteiger partial charge in [-0.1, -0.05) is 6.07 Å². The Morgan fingerprint density at radius 1 is 1.12 bits per heavy atom. The molecule has 0 saturated heterocycles. The van der Waals surface area contributed by atoms with Crippen molar-refractivity contribution in [3.05, 3.63) is 69.7 Å². The third kappa shape index (κ3) is 4.40. The van der Waals surface area contributed by atoms with Crippen LogP contribution in [0.4, 0.5) is 5.69 Å². The maximum absolute atomic E-state index is 12.5. The minimum atomic E-state index is -0.195. The molecule has 0 aliphatic rings. The van der Waals surface area contributed by atoms with Crippen LogP contribution in [-0.2, 0) is 6.61 Å². The first-order valence-electron chi connectivity index (χ1n) is 8.12. The van der Waals surface area contributed by atoms with Gasteiger partial charge in [0.05, 0.1) is 18.3 Å². The van der Waals surface area contributed by atoms with Crippen LogP contribution in [0, 0.1) is 13.8 Å². The molecule has 1 heterocycles. The summed E-state index contributed by atoms with van der Waals surface area (Å²) in [5.41, 5.74) is 6.09. The maximum Gasteiger partial charge on any atom is 0.255 e. The van der Waals surface area contributed by atoms with Crippen molar-refractivity contribution >= 4 is 22.9 Å². The smallest absolute Gasteiger partial charge is 0.255 e. The minimum Gasteiger partial charge on any atom is -0.493 e. The number of carbonyl (C=O) groups excluding carboxylic acids is 1. The normalized spacial score (nSPS) is 10.4. The third-order valence-electron chi connectivity index (χ3n) is 3.76. The zero-order valence-electron chi connectivity index (χ0n) is 14.9. The fraction of sp³-hybridized carbons (Fsp3) is 0.200. The standard InChI is InChI=1S/C20H20N2O3S/c1-13-6-14(2)8-16(7-13)22-20(23)15-4-5-18(19(9-15)24-3)25-10-17-11-26-12-21-17/h4-9,11-12H,10H2,1-3H3,(H,22,23). The summed E-state index contributed by atoms with van der Waals surface area (Å²) in [6.45, 7) is 4.36. The van der Waals surface area contributed by atoms with Gasteiger partial charge in [-0.15, -0.1) is 11.3 Å². The lowest BCUT2D eigenvalue weighted by Crippen LogP contribution is -2.12. The Labute approximate surface area is 156 Å². The van der Waals surface area contributed by atoms with Gasteiger partial charge in [-0.2, -0.15) is 0 Å². The van der Waals surface area contributed by atoms with E-state index >= 15 is 0 Å². The highest BCUT2D eigenvalue weighted by Gasteiger charge is 2.12. The van der Waals surface area contributed by atoms with Crippen molar-refractivity contribution < 1.29 is 14.3 Å². The average Bonchev–Trinajstić information content (AvgIpc) is 3.12. The molecule has 2 aromatic carbocycles. The molecular weight excluding hydrogens is 348 g/mol. The van der Waals surface area contributed by atoms with Crippen molar-refractivity contribution in [1.29, 1.82) is 0 Å². The number of hydrogen-bond acceptors (Lipinski definition) is 5. The number of hydrogen-bond donors (Lipinski definition) is 1. The van der Waals surface area contributed by atoms with Gasteiger partial charge in [-0.3, -0.25) is 4.79 Å². The summed E-state index contributed by atoms with van der Waals surface area (Å²) in [4.78, 5) is 16.7. The fourth-order valence-corrected chi connectivity index (χ4v) is 3.18. The quantitative estimate of drug-likeness (QED) is 0.691. The van der Waals surface area contributed by atoms with E-state index in [4.69, 9.17) is 9.47 Å². The first-order valence-corrected chi connectivity index (χ1v) is 9.07. The number of anilines is 1. The van der Waals surface area contributed by atoms with Crippen LogP contribution in [0.25, 0.3) is 0 Å². The molecule has 5 nitrogen and oxygen atoms in total. The SMILES string of the molecule is COc1cc(C(=O)Nc2cc(C)cc(C)c2)ccc1OCc1cscn1. The number of carbonyl (C=O) groups is 1.